The van der Waals surface area contributed by atoms with E-state index < -0.39 is 6.09 Å². The molecule has 37 heavy (non-hydrogen) atoms. The van der Waals surface area contributed by atoms with Crippen LogP contribution in [-0.4, -0.2) is 66.5 Å². The zero-order valence-electron chi connectivity index (χ0n) is 20.3. The molecule has 2 unspecified atom stereocenters. The van der Waals surface area contributed by atoms with Gasteiger partial charge in [-0.05, 0) is 74.4 Å². The lowest BCUT2D eigenvalue weighted by atomic mass is 10.1. The van der Waals surface area contributed by atoms with Crippen LogP contribution in [0.2, 0.25) is 5.15 Å². The van der Waals surface area contributed by atoms with Gasteiger partial charge in [-0.25, -0.2) is 14.8 Å². The molecule has 1 saturated carbocycles. The van der Waals surface area contributed by atoms with E-state index in [1.165, 1.54) is 10.5 Å². The Morgan fingerprint density at radius 3 is 2.97 bits per heavy atom. The molecule has 2 amide bonds. The van der Waals surface area contributed by atoms with Crippen LogP contribution in [-0.2, 0) is 22.4 Å². The molecule has 0 aromatic carbocycles. The van der Waals surface area contributed by atoms with Gasteiger partial charge in [-0.3, -0.25) is 9.69 Å². The standard InChI is InChI=1S/C25H29ClN6O5/c26-22-17-8-14(7-15(17)9-21(31-22)36-13-25(27)4-5-25)10-28-6-3-16-11-32(24(34)37-16)19-2-1-18-23(29-19)30-20(33)12-35-18/h1-2,9,14,16,28H,3-8,10-13,27H2,(H,29,30,33). The predicted octanol–water partition coefficient (Wildman–Crippen LogP) is 2.05. The minimum atomic E-state index is -0.450. The average Bonchev–Trinajstić information content (AvgIpc) is 3.28. The summed E-state index contributed by atoms with van der Waals surface area (Å²) in [6.07, 6.45) is 3.72. The molecule has 11 nitrogen and oxygen atoms in total. The molecule has 0 bridgehead atoms. The van der Waals surface area contributed by atoms with Crippen LogP contribution in [0.1, 0.15) is 30.4 Å². The first-order chi connectivity index (χ1) is 17.8. The molecule has 0 spiro atoms. The average molecular weight is 529 g/mol. The SMILES string of the molecule is NC1(COc2cc3c(c(Cl)n2)CC(CNCCC2CN(c4ccc5c(n4)NC(=O)CO5)C(=O)O2)C3)CC1. The van der Waals surface area contributed by atoms with E-state index >= 15 is 0 Å². The number of hydrogen-bond donors (Lipinski definition) is 3. The fourth-order valence-electron chi connectivity index (χ4n) is 4.91. The van der Waals surface area contributed by atoms with E-state index in [4.69, 9.17) is 31.5 Å². The Labute approximate surface area is 219 Å². The maximum Gasteiger partial charge on any atom is 0.415 e. The Morgan fingerprint density at radius 2 is 2.14 bits per heavy atom. The lowest BCUT2D eigenvalue weighted by molar-refractivity contribution is -0.118. The highest BCUT2D eigenvalue weighted by molar-refractivity contribution is 6.30. The van der Waals surface area contributed by atoms with Crippen molar-refractivity contribution in [3.05, 3.63) is 34.5 Å². The van der Waals surface area contributed by atoms with Gasteiger partial charge in [-0.2, -0.15) is 0 Å². The third-order valence-corrected chi connectivity index (χ3v) is 7.54. The number of halogens is 1. The van der Waals surface area contributed by atoms with Crippen LogP contribution in [0.4, 0.5) is 16.4 Å². The summed E-state index contributed by atoms with van der Waals surface area (Å²) in [5.41, 5.74) is 8.18. The number of amides is 2. The summed E-state index contributed by atoms with van der Waals surface area (Å²) < 4.78 is 16.7. The van der Waals surface area contributed by atoms with Crippen molar-refractivity contribution in [2.75, 3.05) is 43.1 Å². The molecule has 4 N–H and O–H groups in total. The summed E-state index contributed by atoms with van der Waals surface area (Å²) in [5.74, 6) is 1.89. The smallest absolute Gasteiger partial charge is 0.415 e. The third kappa shape index (κ3) is 5.29. The normalized spacial score (nSPS) is 23.1. The van der Waals surface area contributed by atoms with Crippen LogP contribution in [0.15, 0.2) is 18.2 Å². The molecule has 4 heterocycles. The molecule has 4 aliphatic rings. The lowest BCUT2D eigenvalue weighted by Crippen LogP contribution is -2.30. The van der Waals surface area contributed by atoms with Gasteiger partial charge in [-0.1, -0.05) is 11.6 Å². The number of carbonyl (C=O) groups is 2. The number of nitrogens with one attached hydrogen (secondary N) is 2. The molecule has 2 aliphatic carbocycles. The van der Waals surface area contributed by atoms with Crippen LogP contribution in [0.25, 0.3) is 0 Å². The molecule has 6 rings (SSSR count). The topological polar surface area (TPSA) is 141 Å². The van der Waals surface area contributed by atoms with E-state index in [2.05, 4.69) is 20.6 Å². The summed E-state index contributed by atoms with van der Waals surface area (Å²) in [6, 6.07) is 5.37. The van der Waals surface area contributed by atoms with Crippen molar-refractivity contribution < 1.29 is 23.8 Å². The van der Waals surface area contributed by atoms with Gasteiger partial charge in [0, 0.05) is 6.07 Å². The van der Waals surface area contributed by atoms with E-state index in [1.54, 1.807) is 12.1 Å². The number of cyclic esters (lactones) is 1. The van der Waals surface area contributed by atoms with Gasteiger partial charge in [-0.15, -0.1) is 0 Å². The van der Waals surface area contributed by atoms with Crippen molar-refractivity contribution in [1.29, 1.82) is 0 Å². The van der Waals surface area contributed by atoms with Crippen molar-refractivity contribution in [2.24, 2.45) is 11.7 Å². The van der Waals surface area contributed by atoms with E-state index in [0.717, 1.165) is 37.8 Å². The zero-order valence-corrected chi connectivity index (χ0v) is 21.1. The van der Waals surface area contributed by atoms with Gasteiger partial charge in [0.05, 0.1) is 12.1 Å². The molecule has 1 saturated heterocycles. The first-order valence-corrected chi connectivity index (χ1v) is 13.0. The van der Waals surface area contributed by atoms with Gasteiger partial charge in [0.15, 0.2) is 18.2 Å². The van der Waals surface area contributed by atoms with Crippen molar-refractivity contribution in [3.63, 3.8) is 0 Å². The molecule has 12 heteroatoms. The number of hydrogen-bond acceptors (Lipinski definition) is 9. The van der Waals surface area contributed by atoms with Gasteiger partial charge in [0.2, 0.25) is 5.88 Å². The highest BCUT2D eigenvalue weighted by Gasteiger charge is 2.39. The number of ether oxygens (including phenoxy) is 3. The maximum absolute atomic E-state index is 12.4. The Bertz CT molecular complexity index is 1240. The monoisotopic (exact) mass is 528 g/mol. The number of aromatic nitrogens is 2. The number of carbonyl (C=O) groups excluding carboxylic acids is 2. The van der Waals surface area contributed by atoms with Crippen molar-refractivity contribution in [1.82, 2.24) is 15.3 Å². The fourth-order valence-corrected chi connectivity index (χ4v) is 5.19. The van der Waals surface area contributed by atoms with E-state index in [-0.39, 0.29) is 24.2 Å². The molecule has 2 aliphatic heterocycles. The van der Waals surface area contributed by atoms with Gasteiger partial charge < -0.3 is 30.6 Å². The minimum Gasteiger partial charge on any atom is -0.480 e. The summed E-state index contributed by atoms with van der Waals surface area (Å²) in [7, 11) is 0. The summed E-state index contributed by atoms with van der Waals surface area (Å²) in [6.45, 7) is 2.35. The molecular formula is C25H29ClN6O5. The number of nitrogens with zero attached hydrogens (tertiary/aromatic N) is 3. The number of rotatable bonds is 9. The Kier molecular flexibility index (Phi) is 6.29. The van der Waals surface area contributed by atoms with Crippen molar-refractivity contribution >= 4 is 35.2 Å². The summed E-state index contributed by atoms with van der Waals surface area (Å²) in [4.78, 5) is 34.2. The summed E-state index contributed by atoms with van der Waals surface area (Å²) in [5, 5.41) is 6.66. The quantitative estimate of drug-likeness (QED) is 0.329. The highest BCUT2D eigenvalue weighted by atomic mass is 35.5. The van der Waals surface area contributed by atoms with Crippen molar-refractivity contribution in [2.45, 2.75) is 43.7 Å². The van der Waals surface area contributed by atoms with E-state index in [1.807, 2.05) is 6.07 Å². The second-order valence-electron chi connectivity index (χ2n) is 10.3. The lowest BCUT2D eigenvalue weighted by Gasteiger charge is -2.19. The fraction of sp³-hybridized carbons (Fsp3) is 0.520. The van der Waals surface area contributed by atoms with Crippen LogP contribution in [0, 0.1) is 5.92 Å². The number of nitrogens with two attached hydrogens (primary N) is 1. The molecule has 2 atom stereocenters. The summed E-state index contributed by atoms with van der Waals surface area (Å²) >= 11 is 6.45. The zero-order chi connectivity index (χ0) is 25.6. The van der Waals surface area contributed by atoms with Gasteiger partial charge >= 0.3 is 6.09 Å². The molecule has 2 fully saturated rings. The van der Waals surface area contributed by atoms with Gasteiger partial charge in [0.1, 0.15) is 23.7 Å². The Morgan fingerprint density at radius 1 is 1.27 bits per heavy atom. The molecule has 2 aromatic rings. The second kappa shape index (κ2) is 9.62. The van der Waals surface area contributed by atoms with Crippen LogP contribution in [0.5, 0.6) is 11.6 Å². The number of anilines is 2. The predicted molar refractivity (Wildman–Crippen MR) is 135 cm³/mol. The third-order valence-electron chi connectivity index (χ3n) is 7.23. The molecule has 196 valence electrons. The first-order valence-electron chi connectivity index (χ1n) is 12.6. The Balaban J connectivity index is 0.963. The second-order valence-corrected chi connectivity index (χ2v) is 10.6. The number of pyridine rings is 2. The molecule has 2 aromatic heterocycles. The van der Waals surface area contributed by atoms with E-state index in [9.17, 15) is 9.59 Å². The van der Waals surface area contributed by atoms with Gasteiger partial charge in [0.25, 0.3) is 5.91 Å². The first kappa shape index (κ1) is 24.2. The van der Waals surface area contributed by atoms with Crippen LogP contribution in [0.3, 0.4) is 0 Å². The largest absolute Gasteiger partial charge is 0.480 e. The molecular weight excluding hydrogens is 500 g/mol. The maximum atomic E-state index is 12.4. The highest BCUT2D eigenvalue weighted by Crippen LogP contribution is 2.36. The molecule has 0 radical (unpaired) electrons. The van der Waals surface area contributed by atoms with Crippen molar-refractivity contribution in [3.8, 4) is 11.6 Å². The number of fused-ring (bicyclic) bond motifs is 2. The van der Waals surface area contributed by atoms with Crippen LogP contribution < -0.4 is 30.7 Å². The van der Waals surface area contributed by atoms with Crippen LogP contribution >= 0.6 is 11.6 Å². The van der Waals surface area contributed by atoms with E-state index in [0.29, 0.717) is 60.5 Å². The minimum absolute atomic E-state index is 0.0451. The Hall–Kier alpha value is -3.15.